The molecule has 0 fully saturated rings. The van der Waals surface area contributed by atoms with Gasteiger partial charge in [-0.1, -0.05) is 13.8 Å². The van der Waals surface area contributed by atoms with Crippen LogP contribution in [0.15, 0.2) is 11.8 Å². The predicted octanol–water partition coefficient (Wildman–Crippen LogP) is 2.15. The zero-order valence-electron chi connectivity index (χ0n) is 7.68. The van der Waals surface area contributed by atoms with E-state index < -0.39 is 0 Å². The van der Waals surface area contributed by atoms with Gasteiger partial charge >= 0.3 is 0 Å². The number of rotatable bonds is 4. The highest BCUT2D eigenvalue weighted by molar-refractivity contribution is 5.87. The minimum atomic E-state index is 0.0336. The molecule has 0 amide bonds. The highest BCUT2D eigenvalue weighted by atomic mass is 16.5. The highest BCUT2D eigenvalue weighted by Gasteiger charge is 1.95. The van der Waals surface area contributed by atoms with Crippen LogP contribution in [0.4, 0.5) is 0 Å². The van der Waals surface area contributed by atoms with Gasteiger partial charge in [-0.2, -0.15) is 0 Å². The summed E-state index contributed by atoms with van der Waals surface area (Å²) in [7, 11) is 0. The van der Waals surface area contributed by atoms with Crippen LogP contribution in [-0.2, 0) is 9.53 Å². The van der Waals surface area contributed by atoms with Gasteiger partial charge in [0, 0.05) is 6.08 Å². The lowest BCUT2D eigenvalue weighted by molar-refractivity contribution is -0.112. The van der Waals surface area contributed by atoms with Gasteiger partial charge < -0.3 is 4.74 Å². The third kappa shape index (κ3) is 7.10. The van der Waals surface area contributed by atoms with Crippen molar-refractivity contribution in [3.8, 4) is 0 Å². The average Bonchev–Trinajstić information content (AvgIpc) is 1.82. The molecular formula is C9H16O2. The van der Waals surface area contributed by atoms with E-state index in [-0.39, 0.29) is 5.78 Å². The molecule has 0 aromatic heterocycles. The number of ketones is 1. The molecule has 0 rings (SSSR count). The van der Waals surface area contributed by atoms with Crippen molar-refractivity contribution in [2.75, 3.05) is 6.61 Å². The van der Waals surface area contributed by atoms with Crippen molar-refractivity contribution in [1.82, 2.24) is 0 Å². The normalized spacial score (nSPS) is 11.9. The molecule has 0 heterocycles. The molecule has 0 atom stereocenters. The Labute approximate surface area is 68.2 Å². The SMILES string of the molecule is CC(=O)/C=C(/C)OCC(C)C. The number of ether oxygens (including phenoxy) is 1. The van der Waals surface area contributed by atoms with Gasteiger partial charge in [0.25, 0.3) is 0 Å². The summed E-state index contributed by atoms with van der Waals surface area (Å²) in [5, 5.41) is 0. The molecule has 0 aliphatic carbocycles. The number of carbonyl (C=O) groups is 1. The molecule has 0 saturated heterocycles. The van der Waals surface area contributed by atoms with Crippen molar-refractivity contribution in [3.63, 3.8) is 0 Å². The molecule has 2 nitrogen and oxygen atoms in total. The monoisotopic (exact) mass is 156 g/mol. The first-order valence-electron chi connectivity index (χ1n) is 3.84. The zero-order valence-corrected chi connectivity index (χ0v) is 7.68. The topological polar surface area (TPSA) is 26.3 Å². The Morgan fingerprint density at radius 3 is 2.36 bits per heavy atom. The van der Waals surface area contributed by atoms with Crippen LogP contribution in [-0.4, -0.2) is 12.4 Å². The average molecular weight is 156 g/mol. The van der Waals surface area contributed by atoms with Crippen LogP contribution in [0.2, 0.25) is 0 Å². The molecule has 2 heteroatoms. The Morgan fingerprint density at radius 2 is 2.00 bits per heavy atom. The molecule has 0 unspecified atom stereocenters. The van der Waals surface area contributed by atoms with E-state index in [1.807, 2.05) is 0 Å². The summed E-state index contributed by atoms with van der Waals surface area (Å²) < 4.78 is 5.25. The molecule has 11 heavy (non-hydrogen) atoms. The minimum absolute atomic E-state index is 0.0336. The van der Waals surface area contributed by atoms with Gasteiger partial charge in [0.1, 0.15) is 0 Å². The number of hydrogen-bond acceptors (Lipinski definition) is 2. The maximum absolute atomic E-state index is 10.5. The van der Waals surface area contributed by atoms with Crippen LogP contribution in [0.25, 0.3) is 0 Å². The molecule has 0 aromatic rings. The minimum Gasteiger partial charge on any atom is -0.498 e. The lowest BCUT2D eigenvalue weighted by atomic mass is 10.2. The van der Waals surface area contributed by atoms with Crippen molar-refractivity contribution in [3.05, 3.63) is 11.8 Å². The fourth-order valence-corrected chi connectivity index (χ4v) is 0.626. The zero-order chi connectivity index (χ0) is 8.85. The van der Waals surface area contributed by atoms with E-state index in [1.165, 1.54) is 13.0 Å². The molecule has 0 N–H and O–H groups in total. The van der Waals surface area contributed by atoms with Crippen LogP contribution in [0, 0.1) is 5.92 Å². The first-order chi connectivity index (χ1) is 5.02. The van der Waals surface area contributed by atoms with E-state index in [4.69, 9.17) is 4.74 Å². The number of carbonyl (C=O) groups excluding carboxylic acids is 1. The summed E-state index contributed by atoms with van der Waals surface area (Å²) in [6, 6.07) is 0. The Kier molecular flexibility index (Phi) is 4.59. The Morgan fingerprint density at radius 1 is 1.45 bits per heavy atom. The van der Waals surface area contributed by atoms with Crippen molar-refractivity contribution < 1.29 is 9.53 Å². The Hall–Kier alpha value is -0.790. The smallest absolute Gasteiger partial charge is 0.155 e. The summed E-state index contributed by atoms with van der Waals surface area (Å²) in [5.74, 6) is 1.24. The fourth-order valence-electron chi connectivity index (χ4n) is 0.626. The fraction of sp³-hybridized carbons (Fsp3) is 0.667. The Balaban J connectivity index is 3.68. The summed E-state index contributed by atoms with van der Waals surface area (Å²) in [5.41, 5.74) is 0. The van der Waals surface area contributed by atoms with Crippen molar-refractivity contribution >= 4 is 5.78 Å². The van der Waals surface area contributed by atoms with E-state index in [0.29, 0.717) is 18.3 Å². The van der Waals surface area contributed by atoms with E-state index >= 15 is 0 Å². The molecule has 0 bridgehead atoms. The van der Waals surface area contributed by atoms with Crippen molar-refractivity contribution in [2.24, 2.45) is 5.92 Å². The molecule has 0 spiro atoms. The predicted molar refractivity (Wildman–Crippen MR) is 45.2 cm³/mol. The summed E-state index contributed by atoms with van der Waals surface area (Å²) in [6.45, 7) is 8.13. The van der Waals surface area contributed by atoms with Gasteiger partial charge in [0.15, 0.2) is 5.78 Å². The van der Waals surface area contributed by atoms with Crippen LogP contribution < -0.4 is 0 Å². The number of allylic oxidation sites excluding steroid dienone is 2. The standard InChI is InChI=1S/C9H16O2/c1-7(2)6-11-9(4)5-8(3)10/h5,7H,6H2,1-4H3/b9-5-. The highest BCUT2D eigenvalue weighted by Crippen LogP contribution is 2.00. The van der Waals surface area contributed by atoms with Gasteiger partial charge in [-0.25, -0.2) is 0 Å². The lowest BCUT2D eigenvalue weighted by Crippen LogP contribution is -2.00. The first kappa shape index (κ1) is 10.2. The molecule has 0 aliphatic heterocycles. The van der Waals surface area contributed by atoms with E-state index in [1.54, 1.807) is 6.92 Å². The van der Waals surface area contributed by atoms with E-state index in [2.05, 4.69) is 13.8 Å². The quantitative estimate of drug-likeness (QED) is 0.460. The molecule has 0 radical (unpaired) electrons. The molecule has 0 aromatic carbocycles. The van der Waals surface area contributed by atoms with Gasteiger partial charge in [-0.15, -0.1) is 0 Å². The second-order valence-electron chi connectivity index (χ2n) is 3.07. The van der Waals surface area contributed by atoms with E-state index in [9.17, 15) is 4.79 Å². The Bertz CT molecular complexity index is 157. The second kappa shape index (κ2) is 4.94. The first-order valence-corrected chi connectivity index (χ1v) is 3.84. The summed E-state index contributed by atoms with van der Waals surface area (Å²) in [4.78, 5) is 10.5. The molecule has 64 valence electrons. The van der Waals surface area contributed by atoms with Gasteiger partial charge in [-0.3, -0.25) is 4.79 Å². The van der Waals surface area contributed by atoms with Crippen molar-refractivity contribution in [2.45, 2.75) is 27.7 Å². The maximum Gasteiger partial charge on any atom is 0.155 e. The van der Waals surface area contributed by atoms with Gasteiger partial charge in [0.2, 0.25) is 0 Å². The van der Waals surface area contributed by atoms with Crippen LogP contribution >= 0.6 is 0 Å². The second-order valence-corrected chi connectivity index (χ2v) is 3.07. The van der Waals surface area contributed by atoms with Crippen LogP contribution in [0.1, 0.15) is 27.7 Å². The van der Waals surface area contributed by atoms with Gasteiger partial charge in [-0.05, 0) is 19.8 Å². The largest absolute Gasteiger partial charge is 0.498 e. The van der Waals surface area contributed by atoms with E-state index in [0.717, 1.165) is 0 Å². The molecule has 0 saturated carbocycles. The number of hydrogen-bond donors (Lipinski definition) is 0. The molecular weight excluding hydrogens is 140 g/mol. The third-order valence-corrected chi connectivity index (χ3v) is 1.05. The summed E-state index contributed by atoms with van der Waals surface area (Å²) >= 11 is 0. The third-order valence-electron chi connectivity index (χ3n) is 1.05. The summed E-state index contributed by atoms with van der Waals surface area (Å²) in [6.07, 6.45) is 1.50. The molecule has 0 aliphatic rings. The van der Waals surface area contributed by atoms with Gasteiger partial charge in [0.05, 0.1) is 12.4 Å². The van der Waals surface area contributed by atoms with Crippen LogP contribution in [0.5, 0.6) is 0 Å². The van der Waals surface area contributed by atoms with Crippen molar-refractivity contribution in [1.29, 1.82) is 0 Å². The van der Waals surface area contributed by atoms with Crippen LogP contribution in [0.3, 0.4) is 0 Å². The maximum atomic E-state index is 10.5. The lowest BCUT2D eigenvalue weighted by Gasteiger charge is -2.07.